The van der Waals surface area contributed by atoms with Crippen molar-refractivity contribution in [2.24, 2.45) is 11.7 Å². The highest BCUT2D eigenvalue weighted by Crippen LogP contribution is 2.19. The molecule has 1 aromatic heterocycles. The summed E-state index contributed by atoms with van der Waals surface area (Å²) in [5.74, 6) is 0.0881. The van der Waals surface area contributed by atoms with Crippen molar-refractivity contribution < 1.29 is 9.72 Å². The van der Waals surface area contributed by atoms with E-state index in [1.54, 1.807) is 31.0 Å². The number of halogens is 1. The fourth-order valence-electron chi connectivity index (χ4n) is 2.47. The quantitative estimate of drug-likeness (QED) is 0.566. The van der Waals surface area contributed by atoms with E-state index in [4.69, 9.17) is 5.73 Å². The number of hydrogen-bond donors (Lipinski definition) is 1. The van der Waals surface area contributed by atoms with Crippen LogP contribution in [0.5, 0.6) is 0 Å². The monoisotopic (exact) mass is 396 g/mol. The number of nitrogens with zero attached hydrogens (tertiary/aromatic N) is 5. The van der Waals surface area contributed by atoms with Gasteiger partial charge in [-0.1, -0.05) is 25.1 Å². The third kappa shape index (κ3) is 5.24. The summed E-state index contributed by atoms with van der Waals surface area (Å²) < 4.78 is 1.42. The maximum absolute atomic E-state index is 12.6. The lowest BCUT2D eigenvalue weighted by Gasteiger charge is -2.21. The molecule has 2 rings (SSSR count). The smallest absolute Gasteiger partial charge is 0.276 e. The van der Waals surface area contributed by atoms with E-state index in [0.717, 1.165) is 0 Å². The van der Waals surface area contributed by atoms with Gasteiger partial charge < -0.3 is 10.6 Å². The van der Waals surface area contributed by atoms with Gasteiger partial charge in [0.1, 0.15) is 0 Å². The first-order valence-corrected chi connectivity index (χ1v) is 8.40. The van der Waals surface area contributed by atoms with Crippen molar-refractivity contribution in [1.82, 2.24) is 19.9 Å². The SMILES string of the molecule is Cc1c(C(=O)N(C)CCC(N)C(C)C)nnn1-c1cccc([N+](=O)[O-])c1.Cl. The minimum absolute atomic E-state index is 0. The van der Waals surface area contributed by atoms with Crippen LogP contribution in [-0.4, -0.2) is 50.4 Å². The van der Waals surface area contributed by atoms with Gasteiger partial charge in [-0.05, 0) is 25.3 Å². The average molecular weight is 397 g/mol. The van der Waals surface area contributed by atoms with Gasteiger partial charge in [0.2, 0.25) is 0 Å². The van der Waals surface area contributed by atoms with Crippen molar-refractivity contribution in [1.29, 1.82) is 0 Å². The summed E-state index contributed by atoms with van der Waals surface area (Å²) in [7, 11) is 1.70. The second-order valence-corrected chi connectivity index (χ2v) is 6.64. The van der Waals surface area contributed by atoms with Crippen molar-refractivity contribution in [3.05, 3.63) is 45.8 Å². The summed E-state index contributed by atoms with van der Waals surface area (Å²) in [6, 6.07) is 6.05. The van der Waals surface area contributed by atoms with Crippen molar-refractivity contribution in [2.45, 2.75) is 33.2 Å². The summed E-state index contributed by atoms with van der Waals surface area (Å²) in [6.07, 6.45) is 0.692. The lowest BCUT2D eigenvalue weighted by molar-refractivity contribution is -0.384. The van der Waals surface area contributed by atoms with Crippen molar-refractivity contribution in [3.8, 4) is 5.69 Å². The van der Waals surface area contributed by atoms with E-state index >= 15 is 0 Å². The molecule has 0 saturated heterocycles. The Morgan fingerprint density at radius 1 is 1.41 bits per heavy atom. The van der Waals surface area contributed by atoms with E-state index in [-0.39, 0.29) is 35.7 Å². The highest BCUT2D eigenvalue weighted by Gasteiger charge is 2.22. The predicted molar refractivity (Wildman–Crippen MR) is 104 cm³/mol. The van der Waals surface area contributed by atoms with Crippen LogP contribution in [0, 0.1) is 23.0 Å². The number of nitro groups is 1. The zero-order chi connectivity index (χ0) is 19.4. The van der Waals surface area contributed by atoms with Crippen LogP contribution >= 0.6 is 12.4 Å². The number of carbonyl (C=O) groups is 1. The van der Waals surface area contributed by atoms with Gasteiger partial charge in [-0.3, -0.25) is 14.9 Å². The Morgan fingerprint density at radius 2 is 2.07 bits per heavy atom. The number of aromatic nitrogens is 3. The van der Waals surface area contributed by atoms with Crippen molar-refractivity contribution in [3.63, 3.8) is 0 Å². The fraction of sp³-hybridized carbons (Fsp3) is 0.471. The van der Waals surface area contributed by atoms with Crippen molar-refractivity contribution >= 4 is 24.0 Å². The van der Waals surface area contributed by atoms with Gasteiger partial charge in [0.25, 0.3) is 11.6 Å². The van der Waals surface area contributed by atoms with Crippen LogP contribution in [0.2, 0.25) is 0 Å². The zero-order valence-corrected chi connectivity index (χ0v) is 16.6. The molecule has 0 aliphatic rings. The molecule has 1 atom stereocenters. The predicted octanol–water partition coefficient (Wildman–Crippen LogP) is 2.35. The molecule has 2 aromatic rings. The Labute approximate surface area is 164 Å². The number of amides is 1. The molecule has 10 heteroatoms. The number of non-ortho nitro benzene ring substituents is 1. The van der Waals surface area contributed by atoms with E-state index in [9.17, 15) is 14.9 Å². The fourth-order valence-corrected chi connectivity index (χ4v) is 2.47. The Morgan fingerprint density at radius 3 is 2.67 bits per heavy atom. The van der Waals surface area contributed by atoms with E-state index in [2.05, 4.69) is 10.3 Å². The minimum Gasteiger partial charge on any atom is -0.340 e. The molecule has 0 aliphatic heterocycles. The van der Waals surface area contributed by atoms with Crippen LogP contribution in [0.1, 0.15) is 36.5 Å². The van der Waals surface area contributed by atoms with Crippen LogP contribution in [-0.2, 0) is 0 Å². The Bertz CT molecular complexity index is 808. The largest absolute Gasteiger partial charge is 0.340 e. The number of rotatable bonds is 7. The van der Waals surface area contributed by atoms with Crippen LogP contribution in [0.3, 0.4) is 0 Å². The molecule has 2 N–H and O–H groups in total. The molecule has 0 bridgehead atoms. The molecule has 9 nitrogen and oxygen atoms in total. The van der Waals surface area contributed by atoms with Gasteiger partial charge in [0.15, 0.2) is 5.69 Å². The molecule has 0 fully saturated rings. The van der Waals surface area contributed by atoms with Crippen molar-refractivity contribution in [2.75, 3.05) is 13.6 Å². The zero-order valence-electron chi connectivity index (χ0n) is 15.8. The van der Waals surface area contributed by atoms with E-state index in [1.807, 2.05) is 13.8 Å². The first-order chi connectivity index (χ1) is 12.2. The third-order valence-corrected chi connectivity index (χ3v) is 4.38. The number of hydrogen-bond acceptors (Lipinski definition) is 6. The summed E-state index contributed by atoms with van der Waals surface area (Å²) in [5, 5.41) is 18.9. The lowest BCUT2D eigenvalue weighted by Crippen LogP contribution is -2.35. The highest BCUT2D eigenvalue weighted by molar-refractivity contribution is 5.93. The molecule has 27 heavy (non-hydrogen) atoms. The molecule has 1 aromatic carbocycles. The second kappa shape index (κ2) is 9.43. The summed E-state index contributed by atoms with van der Waals surface area (Å²) in [4.78, 5) is 24.7. The molecule has 0 spiro atoms. The van der Waals surface area contributed by atoms with Crippen LogP contribution < -0.4 is 5.73 Å². The lowest BCUT2D eigenvalue weighted by atomic mass is 10.0. The Kier molecular flexibility index (Phi) is 7.86. The normalized spacial score (nSPS) is 11.8. The molecule has 0 saturated carbocycles. The number of benzene rings is 1. The average Bonchev–Trinajstić information content (AvgIpc) is 2.99. The molecule has 148 valence electrons. The molecule has 1 unspecified atom stereocenters. The molecular weight excluding hydrogens is 372 g/mol. The number of carbonyl (C=O) groups excluding carboxylic acids is 1. The maximum Gasteiger partial charge on any atom is 0.276 e. The summed E-state index contributed by atoms with van der Waals surface area (Å²) in [5.41, 5.74) is 7.20. The minimum atomic E-state index is -0.479. The van der Waals surface area contributed by atoms with Gasteiger partial charge in [-0.25, -0.2) is 4.68 Å². The summed E-state index contributed by atoms with van der Waals surface area (Å²) in [6.45, 7) is 6.31. The Hall–Kier alpha value is -2.52. The first kappa shape index (κ1) is 22.5. The molecule has 0 aliphatic carbocycles. The van der Waals surface area contributed by atoms with Gasteiger partial charge >= 0.3 is 0 Å². The van der Waals surface area contributed by atoms with E-state index < -0.39 is 4.92 Å². The third-order valence-electron chi connectivity index (χ3n) is 4.38. The number of nitro benzene ring substituents is 1. The van der Waals surface area contributed by atoms with Crippen LogP contribution in [0.25, 0.3) is 5.69 Å². The highest BCUT2D eigenvalue weighted by atomic mass is 35.5. The van der Waals surface area contributed by atoms with Gasteiger partial charge in [-0.2, -0.15) is 0 Å². The molecule has 1 amide bonds. The van der Waals surface area contributed by atoms with Gasteiger partial charge in [0, 0.05) is 31.8 Å². The standard InChI is InChI=1S/C17H24N6O3.ClH/c1-11(2)15(18)8-9-21(4)17(24)16-12(3)22(20-19-16)13-6-5-7-14(10-13)23(25)26;/h5-7,10-11,15H,8-9,18H2,1-4H3;1H. The topological polar surface area (TPSA) is 120 Å². The van der Waals surface area contributed by atoms with E-state index in [0.29, 0.717) is 30.3 Å². The van der Waals surface area contributed by atoms with Crippen LogP contribution in [0.4, 0.5) is 5.69 Å². The van der Waals surface area contributed by atoms with E-state index in [1.165, 1.54) is 16.8 Å². The molecule has 0 radical (unpaired) electrons. The maximum atomic E-state index is 12.6. The second-order valence-electron chi connectivity index (χ2n) is 6.64. The number of nitrogens with two attached hydrogens (primary N) is 1. The van der Waals surface area contributed by atoms with Gasteiger partial charge in [-0.15, -0.1) is 17.5 Å². The van der Waals surface area contributed by atoms with Gasteiger partial charge in [0.05, 0.1) is 16.3 Å². The molecular formula is C17H25ClN6O3. The Balaban J connectivity index is 0.00000364. The van der Waals surface area contributed by atoms with Crippen LogP contribution in [0.15, 0.2) is 24.3 Å². The summed E-state index contributed by atoms with van der Waals surface area (Å²) >= 11 is 0. The molecule has 1 heterocycles. The first-order valence-electron chi connectivity index (χ1n) is 8.40.